The summed E-state index contributed by atoms with van der Waals surface area (Å²) < 4.78 is 42.1. The highest BCUT2D eigenvalue weighted by Crippen LogP contribution is 2.32. The first-order chi connectivity index (χ1) is 16.1. The third kappa shape index (κ3) is 6.11. The molecule has 2 N–H and O–H groups in total. The number of carbonyl (C=O) groups is 2. The molecule has 0 radical (unpaired) electrons. The van der Waals surface area contributed by atoms with E-state index in [-0.39, 0.29) is 23.9 Å². The highest BCUT2D eigenvalue weighted by atomic mass is 32.2. The quantitative estimate of drug-likeness (QED) is 0.270. The lowest BCUT2D eigenvalue weighted by Crippen LogP contribution is -2.33. The van der Waals surface area contributed by atoms with Crippen LogP contribution in [0.3, 0.4) is 0 Å². The van der Waals surface area contributed by atoms with E-state index in [1.54, 1.807) is 32.3 Å². The fraction of sp³-hybridized carbons (Fsp3) is 0.300. The monoisotopic (exact) mass is 494 g/mol. The van der Waals surface area contributed by atoms with Crippen molar-refractivity contribution in [3.8, 4) is 11.5 Å². The number of fused-ring (bicyclic) bond motifs is 1. The Hall–Kier alpha value is -3.91. The summed E-state index contributed by atoms with van der Waals surface area (Å²) in [5.74, 6) is -0.424. The lowest BCUT2D eigenvalue weighted by atomic mass is 10.2. The van der Waals surface area contributed by atoms with Crippen LogP contribution in [0.4, 0.5) is 11.4 Å². The summed E-state index contributed by atoms with van der Waals surface area (Å²) >= 11 is 0. The van der Waals surface area contributed by atoms with Crippen molar-refractivity contribution in [3.05, 3.63) is 52.1 Å². The Morgan fingerprint density at radius 1 is 1.15 bits per heavy atom. The second-order valence-electron chi connectivity index (χ2n) is 7.25. The molecule has 0 atom stereocenters. The van der Waals surface area contributed by atoms with Crippen LogP contribution in [0.1, 0.15) is 5.56 Å². The van der Waals surface area contributed by atoms with Crippen LogP contribution in [0.25, 0.3) is 0 Å². The number of esters is 1. The maximum atomic E-state index is 12.4. The zero-order chi connectivity index (χ0) is 24.9. The molecule has 0 saturated heterocycles. The van der Waals surface area contributed by atoms with E-state index in [4.69, 9.17) is 14.2 Å². The summed E-state index contributed by atoms with van der Waals surface area (Å²) in [5.41, 5.74) is 0.552. The zero-order valence-corrected chi connectivity index (χ0v) is 19.1. The molecule has 2 aromatic rings. The Labute approximate surface area is 194 Å². The van der Waals surface area contributed by atoms with Gasteiger partial charge < -0.3 is 24.4 Å². The van der Waals surface area contributed by atoms with Gasteiger partial charge >= 0.3 is 5.97 Å². The van der Waals surface area contributed by atoms with Gasteiger partial charge in [-0.25, -0.2) is 8.42 Å². The predicted octanol–water partition coefficient (Wildman–Crippen LogP) is 0.527. The Bertz CT molecular complexity index is 1210. The van der Waals surface area contributed by atoms with Crippen molar-refractivity contribution in [1.82, 2.24) is 10.0 Å². The van der Waals surface area contributed by atoms with Gasteiger partial charge in [-0.15, -0.1) is 0 Å². The smallest absolute Gasteiger partial charge is 0.321 e. The third-order valence-corrected chi connectivity index (χ3v) is 6.03. The van der Waals surface area contributed by atoms with Crippen molar-refractivity contribution >= 4 is 33.3 Å². The Morgan fingerprint density at radius 2 is 1.88 bits per heavy atom. The summed E-state index contributed by atoms with van der Waals surface area (Å²) in [6.07, 6.45) is 0. The summed E-state index contributed by atoms with van der Waals surface area (Å²) in [6.45, 7) is -1.10. The van der Waals surface area contributed by atoms with Crippen molar-refractivity contribution in [2.75, 3.05) is 38.9 Å². The minimum absolute atomic E-state index is 0.128. The molecular weight excluding hydrogens is 472 g/mol. The minimum Gasteiger partial charge on any atom is -0.455 e. The molecule has 1 heterocycles. The van der Waals surface area contributed by atoms with E-state index in [0.717, 1.165) is 11.6 Å². The number of nitro benzene ring substituents is 1. The van der Waals surface area contributed by atoms with Crippen LogP contribution < -0.4 is 24.4 Å². The maximum absolute atomic E-state index is 12.4. The number of ether oxygens (including phenoxy) is 3. The molecule has 0 spiro atoms. The largest absolute Gasteiger partial charge is 0.455 e. The van der Waals surface area contributed by atoms with Gasteiger partial charge in [-0.3, -0.25) is 19.7 Å². The molecule has 0 bridgehead atoms. The van der Waals surface area contributed by atoms with E-state index >= 15 is 0 Å². The molecule has 1 aliphatic heterocycles. The van der Waals surface area contributed by atoms with Gasteiger partial charge in [0.25, 0.3) is 11.6 Å². The molecule has 0 unspecified atom stereocenters. The van der Waals surface area contributed by atoms with Crippen LogP contribution in [0.2, 0.25) is 0 Å². The molecule has 1 amide bonds. The summed E-state index contributed by atoms with van der Waals surface area (Å²) in [5, 5.41) is 13.8. The highest BCUT2D eigenvalue weighted by molar-refractivity contribution is 7.89. The number of carbonyl (C=O) groups excluding carboxylic acids is 2. The molecule has 1 aliphatic rings. The Kier molecular flexibility index (Phi) is 7.53. The van der Waals surface area contributed by atoms with E-state index in [1.165, 1.54) is 17.0 Å². The number of nitrogens with one attached hydrogen (secondary N) is 2. The number of hydrogen-bond donors (Lipinski definition) is 2. The van der Waals surface area contributed by atoms with Crippen LogP contribution >= 0.6 is 0 Å². The van der Waals surface area contributed by atoms with Crippen molar-refractivity contribution in [2.24, 2.45) is 0 Å². The van der Waals surface area contributed by atoms with Crippen molar-refractivity contribution < 1.29 is 37.1 Å². The standard InChI is InChI=1S/C20H22N4O9S/c1-23(2)15-5-4-14(8-16(15)24(27)28)34(29,30)22-10-20(26)31-11-19(25)21-9-13-3-6-17-18(7-13)33-12-32-17/h3-8,22H,9-12H2,1-2H3,(H,21,25). The summed E-state index contributed by atoms with van der Waals surface area (Å²) in [7, 11) is -1.08. The van der Waals surface area contributed by atoms with Gasteiger partial charge in [-0.1, -0.05) is 6.07 Å². The van der Waals surface area contributed by atoms with Crippen molar-refractivity contribution in [1.29, 1.82) is 0 Å². The third-order valence-electron chi connectivity index (χ3n) is 4.63. The Morgan fingerprint density at radius 3 is 2.59 bits per heavy atom. The highest BCUT2D eigenvalue weighted by Gasteiger charge is 2.23. The predicted molar refractivity (Wildman–Crippen MR) is 118 cm³/mol. The molecule has 0 fully saturated rings. The molecule has 0 saturated carbocycles. The first kappa shape index (κ1) is 24.7. The van der Waals surface area contributed by atoms with E-state index < -0.39 is 45.7 Å². The summed E-state index contributed by atoms with van der Waals surface area (Å²) in [6, 6.07) is 8.52. The molecule has 182 valence electrons. The molecule has 0 aliphatic carbocycles. The molecule has 13 nitrogen and oxygen atoms in total. The molecule has 0 aromatic heterocycles. The maximum Gasteiger partial charge on any atom is 0.321 e. The summed E-state index contributed by atoms with van der Waals surface area (Å²) in [4.78, 5) is 35.4. The van der Waals surface area contributed by atoms with Crippen molar-refractivity contribution in [3.63, 3.8) is 0 Å². The van der Waals surface area contributed by atoms with Gasteiger partial charge in [0.15, 0.2) is 18.1 Å². The second-order valence-corrected chi connectivity index (χ2v) is 9.02. The normalized spacial score (nSPS) is 12.2. The van der Waals surface area contributed by atoms with E-state index in [9.17, 15) is 28.1 Å². The first-order valence-electron chi connectivity index (χ1n) is 9.83. The van der Waals surface area contributed by atoms with E-state index in [0.29, 0.717) is 11.5 Å². The number of rotatable bonds is 10. The second kappa shape index (κ2) is 10.4. The van der Waals surface area contributed by atoms with Gasteiger partial charge in [0.2, 0.25) is 16.8 Å². The first-order valence-corrected chi connectivity index (χ1v) is 11.3. The number of benzene rings is 2. The number of nitro groups is 1. The number of amides is 1. The lowest BCUT2D eigenvalue weighted by Gasteiger charge is -2.13. The minimum atomic E-state index is -4.24. The average molecular weight is 494 g/mol. The number of nitrogens with zero attached hydrogens (tertiary/aromatic N) is 2. The van der Waals surface area contributed by atoms with Crippen LogP contribution in [-0.2, 0) is 30.9 Å². The molecule has 34 heavy (non-hydrogen) atoms. The zero-order valence-electron chi connectivity index (χ0n) is 18.3. The van der Waals surface area contributed by atoms with Crippen LogP contribution in [0.5, 0.6) is 11.5 Å². The molecule has 14 heteroatoms. The van der Waals surface area contributed by atoms with E-state index in [2.05, 4.69) is 5.32 Å². The lowest BCUT2D eigenvalue weighted by molar-refractivity contribution is -0.384. The van der Waals surface area contributed by atoms with Crippen LogP contribution in [-0.4, -0.2) is 59.3 Å². The van der Waals surface area contributed by atoms with Gasteiger partial charge in [0.1, 0.15) is 12.2 Å². The van der Waals surface area contributed by atoms with Gasteiger partial charge in [-0.05, 0) is 29.8 Å². The van der Waals surface area contributed by atoms with Crippen molar-refractivity contribution in [2.45, 2.75) is 11.4 Å². The fourth-order valence-electron chi connectivity index (χ4n) is 2.93. The average Bonchev–Trinajstić information content (AvgIpc) is 3.27. The van der Waals surface area contributed by atoms with Gasteiger partial charge in [-0.2, -0.15) is 4.72 Å². The van der Waals surface area contributed by atoms with E-state index in [1.807, 2.05) is 4.72 Å². The van der Waals surface area contributed by atoms with Gasteiger partial charge in [0.05, 0.1) is 9.82 Å². The Balaban J connectivity index is 1.48. The fourth-order valence-corrected chi connectivity index (χ4v) is 3.92. The molecule has 3 rings (SSSR count). The SMILES string of the molecule is CN(C)c1ccc(S(=O)(=O)NCC(=O)OCC(=O)NCc2ccc3c(c2)OCO3)cc1[N+](=O)[O-]. The number of anilines is 1. The molecule has 2 aromatic carbocycles. The van der Waals surface area contributed by atoms with Crippen LogP contribution in [0.15, 0.2) is 41.3 Å². The van der Waals surface area contributed by atoms with Gasteiger partial charge in [0, 0.05) is 26.7 Å². The number of sulfonamides is 1. The topological polar surface area (TPSA) is 166 Å². The number of hydrogen-bond acceptors (Lipinski definition) is 10. The van der Waals surface area contributed by atoms with Crippen LogP contribution in [0, 0.1) is 10.1 Å². The molecular formula is C20H22N4O9S.